The summed E-state index contributed by atoms with van der Waals surface area (Å²) in [5, 5.41) is 4.55. The molecule has 1 heterocycles. The number of aryl methyl sites for hydroxylation is 2. The lowest BCUT2D eigenvalue weighted by molar-refractivity contribution is 0.214. The van der Waals surface area contributed by atoms with Crippen LogP contribution in [0.4, 0.5) is 0 Å². The maximum absolute atomic E-state index is 4.55. The molecule has 0 aliphatic heterocycles. The fourth-order valence-corrected chi connectivity index (χ4v) is 2.68. The lowest BCUT2D eigenvalue weighted by atomic mass is 10.0. The van der Waals surface area contributed by atoms with Gasteiger partial charge in [0.05, 0.1) is 15.9 Å². The predicted molar refractivity (Wildman–Crippen MR) is 80.7 cm³/mol. The Morgan fingerprint density at radius 2 is 1.94 bits per heavy atom. The molecule has 0 aromatic carbocycles. The zero-order valence-corrected chi connectivity index (χ0v) is 14.1. The molecule has 0 amide bonds. The Morgan fingerprint density at radius 1 is 1.33 bits per heavy atom. The van der Waals surface area contributed by atoms with E-state index in [1.807, 2.05) is 0 Å². The van der Waals surface area contributed by atoms with Crippen LogP contribution in [0.1, 0.15) is 45.5 Å². The first-order valence-corrected chi connectivity index (χ1v) is 7.58. The fourth-order valence-electron chi connectivity index (χ4n) is 2.27. The molecule has 1 rings (SSSR count). The van der Waals surface area contributed by atoms with Gasteiger partial charge < -0.3 is 0 Å². The van der Waals surface area contributed by atoms with Crippen LogP contribution in [0, 0.1) is 12.8 Å². The summed E-state index contributed by atoms with van der Waals surface area (Å²) in [6.07, 6.45) is 1.23. The molecule has 0 saturated heterocycles. The van der Waals surface area contributed by atoms with Gasteiger partial charge in [-0.2, -0.15) is 5.10 Å². The first-order chi connectivity index (χ1) is 8.36. The van der Waals surface area contributed by atoms with E-state index < -0.39 is 0 Å². The summed E-state index contributed by atoms with van der Waals surface area (Å²) in [6, 6.07) is 0.595. The van der Waals surface area contributed by atoms with Crippen molar-refractivity contribution in [3.63, 3.8) is 0 Å². The second kappa shape index (κ2) is 6.71. The molecule has 1 aromatic rings. The number of rotatable bonds is 6. The normalized spacial score (nSPS) is 13.6. The van der Waals surface area contributed by atoms with Gasteiger partial charge in [-0.15, -0.1) is 0 Å². The van der Waals surface area contributed by atoms with Crippen LogP contribution in [0.2, 0.25) is 0 Å². The van der Waals surface area contributed by atoms with Crippen LogP contribution in [0.3, 0.4) is 0 Å². The van der Waals surface area contributed by atoms with Crippen LogP contribution in [-0.2, 0) is 13.1 Å². The Bertz CT molecular complexity index is 385. The molecule has 4 heteroatoms. The first-order valence-electron chi connectivity index (χ1n) is 6.78. The zero-order valence-electron chi connectivity index (χ0n) is 12.5. The average Bonchev–Trinajstić information content (AvgIpc) is 2.55. The van der Waals surface area contributed by atoms with E-state index in [0.717, 1.165) is 29.2 Å². The van der Waals surface area contributed by atoms with Gasteiger partial charge in [-0.1, -0.05) is 13.8 Å². The molecular formula is C14H26BrN3. The van der Waals surface area contributed by atoms with E-state index in [1.54, 1.807) is 0 Å². The molecule has 104 valence electrons. The summed E-state index contributed by atoms with van der Waals surface area (Å²) in [7, 11) is 2.20. The van der Waals surface area contributed by atoms with Gasteiger partial charge in [0.25, 0.3) is 0 Å². The van der Waals surface area contributed by atoms with Crippen molar-refractivity contribution in [2.75, 3.05) is 7.05 Å². The van der Waals surface area contributed by atoms with E-state index in [-0.39, 0.29) is 0 Å². The van der Waals surface area contributed by atoms with Crippen LogP contribution < -0.4 is 0 Å². The third-order valence-electron chi connectivity index (χ3n) is 3.42. The molecule has 0 fully saturated rings. The summed E-state index contributed by atoms with van der Waals surface area (Å²) >= 11 is 3.66. The van der Waals surface area contributed by atoms with E-state index in [0.29, 0.717) is 6.04 Å². The molecule has 0 radical (unpaired) electrons. The Hall–Kier alpha value is -0.350. The average molecular weight is 316 g/mol. The third-order valence-corrected chi connectivity index (χ3v) is 4.45. The maximum atomic E-state index is 4.55. The monoisotopic (exact) mass is 315 g/mol. The summed E-state index contributed by atoms with van der Waals surface area (Å²) in [4.78, 5) is 2.41. The van der Waals surface area contributed by atoms with Crippen LogP contribution >= 0.6 is 15.9 Å². The first kappa shape index (κ1) is 15.7. The van der Waals surface area contributed by atoms with E-state index in [9.17, 15) is 0 Å². The van der Waals surface area contributed by atoms with Crippen molar-refractivity contribution >= 4 is 15.9 Å². The van der Waals surface area contributed by atoms with E-state index in [1.165, 1.54) is 12.1 Å². The van der Waals surface area contributed by atoms with Crippen molar-refractivity contribution < 1.29 is 0 Å². The highest BCUT2D eigenvalue weighted by molar-refractivity contribution is 9.10. The van der Waals surface area contributed by atoms with Gasteiger partial charge in [0, 0.05) is 19.1 Å². The van der Waals surface area contributed by atoms with Gasteiger partial charge in [0.2, 0.25) is 0 Å². The second-order valence-electron chi connectivity index (χ2n) is 5.56. The van der Waals surface area contributed by atoms with Gasteiger partial charge in [0.15, 0.2) is 0 Å². The highest BCUT2D eigenvalue weighted by Gasteiger charge is 2.17. The van der Waals surface area contributed by atoms with Crippen LogP contribution in [0.5, 0.6) is 0 Å². The number of hydrogen-bond acceptors (Lipinski definition) is 2. The second-order valence-corrected chi connectivity index (χ2v) is 6.35. The van der Waals surface area contributed by atoms with Crippen molar-refractivity contribution in [2.45, 2.75) is 60.2 Å². The Morgan fingerprint density at radius 3 is 2.44 bits per heavy atom. The molecule has 0 saturated carbocycles. The highest BCUT2D eigenvalue weighted by atomic mass is 79.9. The van der Waals surface area contributed by atoms with E-state index in [2.05, 4.69) is 72.3 Å². The molecule has 1 atom stereocenters. The minimum absolute atomic E-state index is 0.595. The number of nitrogens with zero attached hydrogens (tertiary/aromatic N) is 3. The van der Waals surface area contributed by atoms with Gasteiger partial charge in [-0.25, -0.2) is 0 Å². The molecule has 3 nitrogen and oxygen atoms in total. The molecule has 18 heavy (non-hydrogen) atoms. The van der Waals surface area contributed by atoms with Gasteiger partial charge >= 0.3 is 0 Å². The molecule has 0 aliphatic carbocycles. The van der Waals surface area contributed by atoms with Crippen molar-refractivity contribution in [1.29, 1.82) is 0 Å². The lowest BCUT2D eigenvalue weighted by Gasteiger charge is -2.26. The quantitative estimate of drug-likeness (QED) is 0.795. The lowest BCUT2D eigenvalue weighted by Crippen LogP contribution is -2.30. The summed E-state index contributed by atoms with van der Waals surface area (Å²) in [5.41, 5.74) is 2.37. The molecule has 1 aromatic heterocycles. The SMILES string of the molecule is CCn1nc(C)c(Br)c1CN(C)C(C)CC(C)C. The van der Waals surface area contributed by atoms with Crippen molar-refractivity contribution in [3.8, 4) is 0 Å². The molecule has 0 N–H and O–H groups in total. The summed E-state index contributed by atoms with van der Waals surface area (Å²) in [6.45, 7) is 12.9. The largest absolute Gasteiger partial charge is 0.298 e. The Labute approximate surface area is 120 Å². The van der Waals surface area contributed by atoms with Crippen molar-refractivity contribution in [1.82, 2.24) is 14.7 Å². The van der Waals surface area contributed by atoms with Crippen molar-refractivity contribution in [3.05, 3.63) is 15.9 Å². The smallest absolute Gasteiger partial charge is 0.0739 e. The standard InChI is InChI=1S/C14H26BrN3/c1-7-18-13(14(15)12(5)16-18)9-17(6)11(4)8-10(2)3/h10-11H,7-9H2,1-6H3. The van der Waals surface area contributed by atoms with Crippen LogP contribution in [0.25, 0.3) is 0 Å². The topological polar surface area (TPSA) is 21.1 Å². The summed E-state index contributed by atoms with van der Waals surface area (Å²) < 4.78 is 3.26. The molecule has 0 aliphatic rings. The molecular weight excluding hydrogens is 290 g/mol. The predicted octanol–water partition coefficient (Wildman–Crippen LogP) is 3.84. The Kier molecular flexibility index (Phi) is 5.86. The minimum Gasteiger partial charge on any atom is -0.298 e. The minimum atomic E-state index is 0.595. The van der Waals surface area contributed by atoms with Crippen LogP contribution in [0.15, 0.2) is 4.47 Å². The van der Waals surface area contributed by atoms with Crippen molar-refractivity contribution in [2.24, 2.45) is 5.92 Å². The molecule has 1 unspecified atom stereocenters. The van der Waals surface area contributed by atoms with Crippen LogP contribution in [-0.4, -0.2) is 27.8 Å². The summed E-state index contributed by atoms with van der Waals surface area (Å²) in [5.74, 6) is 0.740. The zero-order chi connectivity index (χ0) is 13.9. The Balaban J connectivity index is 2.77. The van der Waals surface area contributed by atoms with E-state index in [4.69, 9.17) is 0 Å². The fraction of sp³-hybridized carbons (Fsp3) is 0.786. The van der Waals surface area contributed by atoms with E-state index >= 15 is 0 Å². The van der Waals surface area contributed by atoms with Gasteiger partial charge in [-0.05, 0) is 56.1 Å². The van der Waals surface area contributed by atoms with Gasteiger partial charge in [-0.3, -0.25) is 9.58 Å². The third kappa shape index (κ3) is 3.82. The molecule has 0 bridgehead atoms. The molecule has 0 spiro atoms. The van der Waals surface area contributed by atoms with Gasteiger partial charge in [0.1, 0.15) is 0 Å². The number of aromatic nitrogens is 2. The number of halogens is 1. The highest BCUT2D eigenvalue weighted by Crippen LogP contribution is 2.23. The number of hydrogen-bond donors (Lipinski definition) is 0. The maximum Gasteiger partial charge on any atom is 0.0739 e.